The molecular formula is C4H7NO3. The molecular weight excluding hydrogens is 110 g/mol. The second-order valence-corrected chi connectivity index (χ2v) is 1.31. The third-order valence-corrected chi connectivity index (χ3v) is 0.705. The van der Waals surface area contributed by atoms with Crippen LogP contribution in [0.4, 0.5) is 0 Å². The van der Waals surface area contributed by atoms with Crippen LogP contribution in [0.25, 0.3) is 0 Å². The standard InChI is InChI=1S/C4H7NO3/c1-2(3(5)6)4(7)8/h7-8H,1H3,(H2,5,6). The Morgan fingerprint density at radius 3 is 1.88 bits per heavy atom. The second kappa shape index (κ2) is 2.20. The lowest BCUT2D eigenvalue weighted by atomic mass is 10.3. The van der Waals surface area contributed by atoms with Crippen LogP contribution in [0.3, 0.4) is 0 Å². The SMILES string of the molecule is CC(C(N)=O)=C(O)O. The largest absolute Gasteiger partial charge is 0.481 e. The fourth-order valence-electron chi connectivity index (χ4n) is 0.110. The average Bonchev–Trinajstić information content (AvgIpc) is 1.64. The van der Waals surface area contributed by atoms with Gasteiger partial charge in [0.2, 0.25) is 0 Å². The highest BCUT2D eigenvalue weighted by molar-refractivity contribution is 5.91. The summed E-state index contributed by atoms with van der Waals surface area (Å²) in [4.78, 5) is 9.99. The van der Waals surface area contributed by atoms with Crippen LogP contribution in [-0.4, -0.2) is 16.1 Å². The van der Waals surface area contributed by atoms with Gasteiger partial charge in [0, 0.05) is 0 Å². The van der Waals surface area contributed by atoms with Gasteiger partial charge in [-0.3, -0.25) is 4.79 Å². The molecule has 0 bridgehead atoms. The first-order chi connectivity index (χ1) is 3.55. The van der Waals surface area contributed by atoms with Crippen LogP contribution in [0, 0.1) is 0 Å². The van der Waals surface area contributed by atoms with E-state index in [2.05, 4.69) is 5.73 Å². The molecule has 0 aliphatic carbocycles. The Bertz CT molecular complexity index is 134. The topological polar surface area (TPSA) is 83.6 Å². The van der Waals surface area contributed by atoms with Crippen molar-refractivity contribution < 1.29 is 15.0 Å². The van der Waals surface area contributed by atoms with E-state index >= 15 is 0 Å². The van der Waals surface area contributed by atoms with E-state index in [4.69, 9.17) is 10.2 Å². The summed E-state index contributed by atoms with van der Waals surface area (Å²) in [6, 6.07) is 0. The lowest BCUT2D eigenvalue weighted by molar-refractivity contribution is -0.114. The van der Waals surface area contributed by atoms with E-state index in [0.717, 1.165) is 0 Å². The maximum Gasteiger partial charge on any atom is 0.282 e. The summed E-state index contributed by atoms with van der Waals surface area (Å²) in [7, 11) is 0. The number of amides is 1. The van der Waals surface area contributed by atoms with Crippen LogP contribution in [0.15, 0.2) is 11.5 Å². The zero-order chi connectivity index (χ0) is 6.73. The molecule has 0 aliphatic heterocycles. The second-order valence-electron chi connectivity index (χ2n) is 1.31. The minimum atomic E-state index is -1.02. The first-order valence-corrected chi connectivity index (χ1v) is 1.94. The third-order valence-electron chi connectivity index (χ3n) is 0.705. The number of carbonyl (C=O) groups excluding carboxylic acids is 1. The quantitative estimate of drug-likeness (QED) is 0.329. The average molecular weight is 117 g/mol. The van der Waals surface area contributed by atoms with Crippen LogP contribution >= 0.6 is 0 Å². The fourth-order valence-corrected chi connectivity index (χ4v) is 0.110. The zero-order valence-corrected chi connectivity index (χ0v) is 4.38. The molecule has 8 heavy (non-hydrogen) atoms. The van der Waals surface area contributed by atoms with E-state index in [-0.39, 0.29) is 5.57 Å². The number of aliphatic hydroxyl groups is 2. The van der Waals surface area contributed by atoms with E-state index in [0.29, 0.717) is 0 Å². The molecule has 0 rings (SSSR count). The van der Waals surface area contributed by atoms with Crippen LogP contribution < -0.4 is 5.73 Å². The normalized spacial score (nSPS) is 8.12. The number of hydrogen-bond acceptors (Lipinski definition) is 3. The molecule has 0 aliphatic rings. The molecule has 0 radical (unpaired) electrons. The third kappa shape index (κ3) is 1.51. The molecule has 46 valence electrons. The van der Waals surface area contributed by atoms with Gasteiger partial charge in [-0.15, -0.1) is 0 Å². The molecule has 0 aromatic carbocycles. The number of nitrogens with two attached hydrogens (primary N) is 1. The van der Waals surface area contributed by atoms with E-state index in [1.807, 2.05) is 0 Å². The van der Waals surface area contributed by atoms with E-state index < -0.39 is 11.9 Å². The summed E-state index contributed by atoms with van der Waals surface area (Å²) in [6.45, 7) is 1.22. The monoisotopic (exact) mass is 117 g/mol. The highest BCUT2D eigenvalue weighted by Gasteiger charge is 2.02. The Morgan fingerprint density at radius 1 is 1.50 bits per heavy atom. The minimum absolute atomic E-state index is 0.231. The summed E-state index contributed by atoms with van der Waals surface area (Å²) < 4.78 is 0. The maximum absolute atomic E-state index is 9.99. The van der Waals surface area contributed by atoms with Gasteiger partial charge < -0.3 is 15.9 Å². The molecule has 0 aromatic rings. The van der Waals surface area contributed by atoms with Gasteiger partial charge in [-0.1, -0.05) is 0 Å². The van der Waals surface area contributed by atoms with Crippen LogP contribution in [0.1, 0.15) is 6.92 Å². The molecule has 1 amide bonds. The summed E-state index contributed by atoms with van der Waals surface area (Å²) in [5.41, 5.74) is 4.39. The van der Waals surface area contributed by atoms with Crippen molar-refractivity contribution in [2.45, 2.75) is 6.92 Å². The minimum Gasteiger partial charge on any atom is -0.481 e. The molecule has 0 heterocycles. The van der Waals surface area contributed by atoms with E-state index in [9.17, 15) is 4.79 Å². The van der Waals surface area contributed by atoms with Gasteiger partial charge in [-0.05, 0) is 6.92 Å². The Labute approximate surface area is 46.2 Å². The van der Waals surface area contributed by atoms with Gasteiger partial charge >= 0.3 is 0 Å². The molecule has 4 N–H and O–H groups in total. The molecule has 0 fully saturated rings. The lowest BCUT2D eigenvalue weighted by Gasteiger charge is -1.91. The molecule has 0 spiro atoms. The maximum atomic E-state index is 9.99. The van der Waals surface area contributed by atoms with Crippen LogP contribution in [0.2, 0.25) is 0 Å². The Hall–Kier alpha value is -1.19. The zero-order valence-electron chi connectivity index (χ0n) is 4.38. The van der Waals surface area contributed by atoms with Crippen molar-refractivity contribution in [3.8, 4) is 0 Å². The number of primary amides is 1. The van der Waals surface area contributed by atoms with Crippen LogP contribution in [0.5, 0.6) is 0 Å². The highest BCUT2D eigenvalue weighted by Crippen LogP contribution is 1.92. The number of carbonyl (C=O) groups is 1. The Balaban J connectivity index is 4.23. The first kappa shape index (κ1) is 6.81. The van der Waals surface area contributed by atoms with Gasteiger partial charge in [0.25, 0.3) is 11.9 Å². The molecule has 4 heteroatoms. The summed E-state index contributed by atoms with van der Waals surface area (Å²) in [5.74, 6) is -1.84. The predicted octanol–water partition coefficient (Wildman–Crippen LogP) is -0.181. The van der Waals surface area contributed by atoms with Crippen molar-refractivity contribution >= 4 is 5.91 Å². The van der Waals surface area contributed by atoms with Gasteiger partial charge in [0.1, 0.15) is 0 Å². The van der Waals surface area contributed by atoms with E-state index in [1.165, 1.54) is 6.92 Å². The van der Waals surface area contributed by atoms with Crippen molar-refractivity contribution in [1.29, 1.82) is 0 Å². The van der Waals surface area contributed by atoms with Gasteiger partial charge in [-0.25, -0.2) is 0 Å². The summed E-state index contributed by atoms with van der Waals surface area (Å²) >= 11 is 0. The first-order valence-electron chi connectivity index (χ1n) is 1.94. The van der Waals surface area contributed by atoms with Crippen molar-refractivity contribution in [3.05, 3.63) is 11.5 Å². The van der Waals surface area contributed by atoms with Gasteiger partial charge in [0.15, 0.2) is 0 Å². The van der Waals surface area contributed by atoms with E-state index in [1.54, 1.807) is 0 Å². The van der Waals surface area contributed by atoms with Crippen LogP contribution in [-0.2, 0) is 4.79 Å². The lowest BCUT2D eigenvalue weighted by Crippen LogP contribution is -2.13. The van der Waals surface area contributed by atoms with Gasteiger partial charge in [0.05, 0.1) is 5.57 Å². The molecule has 4 nitrogen and oxygen atoms in total. The van der Waals surface area contributed by atoms with Crippen molar-refractivity contribution in [3.63, 3.8) is 0 Å². The summed E-state index contributed by atoms with van der Waals surface area (Å²) in [6.07, 6.45) is 0. The Morgan fingerprint density at radius 2 is 1.88 bits per heavy atom. The smallest absolute Gasteiger partial charge is 0.282 e. The highest BCUT2D eigenvalue weighted by atomic mass is 16.5. The van der Waals surface area contributed by atoms with Crippen molar-refractivity contribution in [1.82, 2.24) is 0 Å². The molecule has 0 saturated heterocycles. The Kier molecular flexibility index (Phi) is 1.88. The molecule has 0 atom stereocenters. The number of rotatable bonds is 1. The molecule has 0 saturated carbocycles. The summed E-state index contributed by atoms with van der Waals surface area (Å²) in [5, 5.41) is 16.3. The fraction of sp³-hybridized carbons (Fsp3) is 0.250. The van der Waals surface area contributed by atoms with Gasteiger partial charge in [-0.2, -0.15) is 0 Å². The molecule has 0 aromatic heterocycles. The molecule has 0 unspecified atom stereocenters. The van der Waals surface area contributed by atoms with Crippen molar-refractivity contribution in [2.24, 2.45) is 5.73 Å². The van der Waals surface area contributed by atoms with Crippen molar-refractivity contribution in [2.75, 3.05) is 0 Å². The predicted molar refractivity (Wildman–Crippen MR) is 27.2 cm³/mol. The number of aliphatic hydroxyl groups excluding tert-OH is 1. The number of hydrogen-bond donors (Lipinski definition) is 3.